The number of aliphatic carboxylic acids is 1. The molecule has 0 saturated heterocycles. The van der Waals surface area contributed by atoms with Crippen LogP contribution in [0.5, 0.6) is 0 Å². The van der Waals surface area contributed by atoms with E-state index in [-0.39, 0.29) is 12.5 Å². The third-order valence-corrected chi connectivity index (χ3v) is 5.01. The van der Waals surface area contributed by atoms with Crippen LogP contribution < -0.4 is 0 Å². The number of carbonyl (C=O) groups is 1. The molecule has 0 bridgehead atoms. The Bertz CT molecular complexity index is 446. The van der Waals surface area contributed by atoms with Crippen LogP contribution in [0.15, 0.2) is 36.5 Å². The Morgan fingerprint density at radius 3 is 2.38 bits per heavy atom. The quantitative estimate of drug-likeness (QED) is 0.260. The summed E-state index contributed by atoms with van der Waals surface area (Å²) in [6, 6.07) is 0. The van der Waals surface area contributed by atoms with Gasteiger partial charge in [0.25, 0.3) is 0 Å². The molecular formula is C23H38O3. The van der Waals surface area contributed by atoms with Gasteiger partial charge >= 0.3 is 5.97 Å². The standard InChI is InChI=1S/C23H38O3/c1-2-3-4-5-6-9-12-15-21(20-18-19-20)22(24)16-13-10-7-8-11-14-17-23(25)26/h6-9,13,16,20-22,24H,2-5,10-12,14-15,17-19H2,1H3,(H,25,26)/b8-7-,9-6-,16-13-/t21-,22-/m0/s1. The van der Waals surface area contributed by atoms with Crippen molar-refractivity contribution in [2.24, 2.45) is 11.8 Å². The molecule has 2 atom stereocenters. The van der Waals surface area contributed by atoms with Crippen LogP contribution >= 0.6 is 0 Å². The summed E-state index contributed by atoms with van der Waals surface area (Å²) in [6.45, 7) is 2.23. The molecule has 0 aromatic heterocycles. The van der Waals surface area contributed by atoms with Crippen LogP contribution in [0.1, 0.15) is 84.0 Å². The van der Waals surface area contributed by atoms with Crippen LogP contribution in [0.25, 0.3) is 0 Å². The second-order valence-electron chi connectivity index (χ2n) is 7.46. The Labute approximate surface area is 159 Å². The highest BCUT2D eigenvalue weighted by Gasteiger charge is 2.34. The molecule has 0 spiro atoms. The molecule has 3 nitrogen and oxygen atoms in total. The first-order chi connectivity index (χ1) is 12.6. The number of hydrogen-bond donors (Lipinski definition) is 2. The fourth-order valence-electron chi connectivity index (χ4n) is 3.27. The van der Waals surface area contributed by atoms with Crippen molar-refractivity contribution in [3.05, 3.63) is 36.5 Å². The molecule has 26 heavy (non-hydrogen) atoms. The molecule has 3 heteroatoms. The maximum absolute atomic E-state index is 10.5. The first-order valence-electron chi connectivity index (χ1n) is 10.5. The van der Waals surface area contributed by atoms with Crippen molar-refractivity contribution in [2.45, 2.75) is 90.1 Å². The second kappa shape index (κ2) is 14.8. The Hall–Kier alpha value is -1.35. The SMILES string of the molecule is CCCCC/C=C\CC[C@@H](C1CC1)[C@@H](O)/C=C\C/C=C\CCCC(=O)O. The molecule has 1 fully saturated rings. The molecule has 148 valence electrons. The summed E-state index contributed by atoms with van der Waals surface area (Å²) in [4.78, 5) is 10.4. The van der Waals surface area contributed by atoms with Crippen molar-refractivity contribution < 1.29 is 15.0 Å². The van der Waals surface area contributed by atoms with Gasteiger partial charge in [-0.3, -0.25) is 4.79 Å². The number of carboxylic acid groups (broad SMARTS) is 1. The van der Waals surface area contributed by atoms with E-state index in [9.17, 15) is 9.90 Å². The van der Waals surface area contributed by atoms with Crippen molar-refractivity contribution in [3.63, 3.8) is 0 Å². The monoisotopic (exact) mass is 362 g/mol. The number of aliphatic hydroxyl groups excluding tert-OH is 1. The highest BCUT2D eigenvalue weighted by Crippen LogP contribution is 2.41. The third-order valence-electron chi connectivity index (χ3n) is 5.01. The lowest BCUT2D eigenvalue weighted by molar-refractivity contribution is -0.137. The maximum Gasteiger partial charge on any atom is 0.303 e. The minimum atomic E-state index is -0.733. The Kier molecular flexibility index (Phi) is 12.9. The van der Waals surface area contributed by atoms with Gasteiger partial charge in [-0.05, 0) is 69.6 Å². The molecule has 0 aliphatic heterocycles. The van der Waals surface area contributed by atoms with E-state index in [4.69, 9.17) is 5.11 Å². The lowest BCUT2D eigenvalue weighted by Gasteiger charge is -2.19. The highest BCUT2D eigenvalue weighted by atomic mass is 16.4. The maximum atomic E-state index is 10.5. The molecule has 0 amide bonds. The van der Waals surface area contributed by atoms with Crippen molar-refractivity contribution in [3.8, 4) is 0 Å². The van der Waals surface area contributed by atoms with E-state index >= 15 is 0 Å². The number of unbranched alkanes of at least 4 members (excludes halogenated alkanes) is 4. The molecule has 1 aliphatic rings. The fraction of sp³-hybridized carbons (Fsp3) is 0.696. The fourth-order valence-corrected chi connectivity index (χ4v) is 3.27. The molecule has 2 N–H and O–H groups in total. The molecule has 0 unspecified atom stereocenters. The predicted molar refractivity (Wildman–Crippen MR) is 109 cm³/mol. The van der Waals surface area contributed by atoms with Gasteiger partial charge in [0.2, 0.25) is 0 Å². The summed E-state index contributed by atoms with van der Waals surface area (Å²) >= 11 is 0. The highest BCUT2D eigenvalue weighted by molar-refractivity contribution is 5.66. The van der Waals surface area contributed by atoms with Crippen LogP contribution in [0.4, 0.5) is 0 Å². The van der Waals surface area contributed by atoms with Gasteiger partial charge in [0, 0.05) is 6.42 Å². The topological polar surface area (TPSA) is 57.5 Å². The van der Waals surface area contributed by atoms with Crippen LogP contribution in [0.3, 0.4) is 0 Å². The summed E-state index contributed by atoms with van der Waals surface area (Å²) in [5.41, 5.74) is 0. The smallest absolute Gasteiger partial charge is 0.303 e. The molecular weight excluding hydrogens is 324 g/mol. The van der Waals surface area contributed by atoms with Gasteiger partial charge < -0.3 is 10.2 Å². The third kappa shape index (κ3) is 12.1. The summed E-state index contributed by atoms with van der Waals surface area (Å²) in [5.74, 6) is 0.365. The molecule has 0 radical (unpaired) electrons. The normalized spacial score (nSPS) is 17.5. The Morgan fingerprint density at radius 1 is 1.00 bits per heavy atom. The van der Waals surface area contributed by atoms with Gasteiger partial charge in [-0.1, -0.05) is 56.2 Å². The van der Waals surface area contributed by atoms with E-state index < -0.39 is 5.97 Å². The lowest BCUT2D eigenvalue weighted by atomic mass is 9.91. The van der Waals surface area contributed by atoms with Crippen molar-refractivity contribution in [1.29, 1.82) is 0 Å². The minimum absolute atomic E-state index is 0.231. The second-order valence-corrected chi connectivity index (χ2v) is 7.46. The number of aliphatic hydroxyl groups is 1. The number of hydrogen-bond acceptors (Lipinski definition) is 2. The number of rotatable bonds is 16. The van der Waals surface area contributed by atoms with Gasteiger partial charge in [-0.15, -0.1) is 0 Å². The molecule has 1 rings (SSSR count). The largest absolute Gasteiger partial charge is 0.481 e. The minimum Gasteiger partial charge on any atom is -0.481 e. The Balaban J connectivity index is 2.20. The average Bonchev–Trinajstić information content (AvgIpc) is 3.44. The summed E-state index contributed by atoms with van der Waals surface area (Å²) in [5, 5.41) is 19.1. The molecule has 1 saturated carbocycles. The van der Waals surface area contributed by atoms with Gasteiger partial charge in [0.1, 0.15) is 0 Å². The summed E-state index contributed by atoms with van der Waals surface area (Å²) < 4.78 is 0. The lowest BCUT2D eigenvalue weighted by Crippen LogP contribution is -2.20. The average molecular weight is 363 g/mol. The van der Waals surface area contributed by atoms with Gasteiger partial charge in [-0.25, -0.2) is 0 Å². The van der Waals surface area contributed by atoms with Crippen LogP contribution in [0, 0.1) is 11.8 Å². The molecule has 0 heterocycles. The number of carboxylic acids is 1. The summed E-state index contributed by atoms with van der Waals surface area (Å²) in [7, 11) is 0. The molecule has 0 aromatic rings. The van der Waals surface area contributed by atoms with E-state index in [2.05, 4.69) is 25.2 Å². The van der Waals surface area contributed by atoms with Gasteiger partial charge in [-0.2, -0.15) is 0 Å². The molecule has 1 aliphatic carbocycles. The zero-order valence-corrected chi connectivity index (χ0v) is 16.5. The first-order valence-corrected chi connectivity index (χ1v) is 10.5. The van der Waals surface area contributed by atoms with Crippen molar-refractivity contribution >= 4 is 5.97 Å². The zero-order valence-electron chi connectivity index (χ0n) is 16.5. The van der Waals surface area contributed by atoms with Crippen molar-refractivity contribution in [2.75, 3.05) is 0 Å². The molecule has 0 aromatic carbocycles. The van der Waals surface area contributed by atoms with E-state index in [1.165, 1.54) is 38.5 Å². The van der Waals surface area contributed by atoms with Gasteiger partial charge in [0.15, 0.2) is 0 Å². The van der Waals surface area contributed by atoms with Crippen LogP contribution in [-0.4, -0.2) is 22.3 Å². The van der Waals surface area contributed by atoms with E-state index in [1.807, 2.05) is 18.2 Å². The van der Waals surface area contributed by atoms with E-state index in [1.54, 1.807) is 0 Å². The zero-order chi connectivity index (χ0) is 19.0. The van der Waals surface area contributed by atoms with E-state index in [0.29, 0.717) is 18.3 Å². The van der Waals surface area contributed by atoms with Crippen LogP contribution in [-0.2, 0) is 4.79 Å². The first kappa shape index (κ1) is 22.7. The van der Waals surface area contributed by atoms with Crippen LogP contribution in [0.2, 0.25) is 0 Å². The Morgan fingerprint density at radius 2 is 1.69 bits per heavy atom. The van der Waals surface area contributed by atoms with E-state index in [0.717, 1.165) is 25.7 Å². The number of allylic oxidation sites excluding steroid dienone is 5. The van der Waals surface area contributed by atoms with Crippen molar-refractivity contribution in [1.82, 2.24) is 0 Å². The predicted octanol–water partition coefficient (Wildman–Crippen LogP) is 6.05. The summed E-state index contributed by atoms with van der Waals surface area (Å²) in [6.07, 6.45) is 24.6. The van der Waals surface area contributed by atoms with Gasteiger partial charge in [0.05, 0.1) is 6.10 Å².